The van der Waals surface area contributed by atoms with Gasteiger partial charge in [-0.1, -0.05) is 78.3 Å². The van der Waals surface area contributed by atoms with Gasteiger partial charge in [0.25, 0.3) is 0 Å². The van der Waals surface area contributed by atoms with Crippen molar-refractivity contribution in [3.8, 4) is 0 Å². The zero-order valence-corrected chi connectivity index (χ0v) is 18.4. The molecule has 2 aromatic rings. The minimum Gasteiger partial charge on any atom is -0.478 e. The molecule has 0 atom stereocenters. The molecule has 0 heterocycles. The molecular formula is C15H8Br2Cl4O4. The summed E-state index contributed by atoms with van der Waals surface area (Å²) in [6, 6.07) is 6.13. The van der Waals surface area contributed by atoms with Gasteiger partial charge in [0, 0.05) is 8.95 Å². The fourth-order valence-corrected chi connectivity index (χ4v) is 4.32. The van der Waals surface area contributed by atoms with E-state index in [2.05, 4.69) is 36.6 Å². The molecule has 0 aliphatic rings. The van der Waals surface area contributed by atoms with Crippen LogP contribution >= 0.6 is 78.3 Å². The minimum atomic E-state index is -1.13. The summed E-state index contributed by atoms with van der Waals surface area (Å²) < 4.78 is 5.89. The Morgan fingerprint density at radius 1 is 0.840 bits per heavy atom. The van der Waals surface area contributed by atoms with E-state index in [0.29, 0.717) is 4.47 Å². The zero-order valence-electron chi connectivity index (χ0n) is 12.2. The van der Waals surface area contributed by atoms with Gasteiger partial charge in [0.05, 0.1) is 38.3 Å². The van der Waals surface area contributed by atoms with E-state index in [1.54, 1.807) is 12.1 Å². The summed E-state index contributed by atoms with van der Waals surface area (Å²) in [4.78, 5) is 21.7. The summed E-state index contributed by atoms with van der Waals surface area (Å²) in [5.74, 6) is -1.67. The van der Waals surface area contributed by atoms with Gasteiger partial charge in [-0.3, -0.25) is 0 Å². The van der Waals surface area contributed by atoms with Gasteiger partial charge in [-0.2, -0.15) is 0 Å². The van der Waals surface area contributed by atoms with Gasteiger partial charge in [-0.25, -0.2) is 9.59 Å². The third-order valence-electron chi connectivity index (χ3n) is 2.62. The average Bonchev–Trinajstić information content (AvgIpc) is 2.44. The van der Waals surface area contributed by atoms with E-state index < -0.39 is 11.9 Å². The Morgan fingerprint density at radius 3 is 1.44 bits per heavy atom. The smallest absolute Gasteiger partial charge is 0.340 e. The first-order chi connectivity index (χ1) is 11.6. The first kappa shape index (κ1) is 22.5. The molecule has 25 heavy (non-hydrogen) atoms. The predicted molar refractivity (Wildman–Crippen MR) is 107 cm³/mol. The second-order valence-corrected chi connectivity index (χ2v) is 7.75. The first-order valence-corrected chi connectivity index (χ1v) is 9.29. The fraction of sp³-hybridized carbons (Fsp3) is 0.0667. The summed E-state index contributed by atoms with van der Waals surface area (Å²) in [5, 5.41) is 9.45. The molecular weight excluding hydrogens is 546 g/mol. The average molecular weight is 554 g/mol. The zero-order chi connectivity index (χ0) is 19.3. The summed E-state index contributed by atoms with van der Waals surface area (Å²) in [6.07, 6.45) is 0. The molecule has 0 bridgehead atoms. The molecule has 10 heteroatoms. The number of esters is 1. The van der Waals surface area contributed by atoms with Crippen molar-refractivity contribution in [3.63, 3.8) is 0 Å². The highest BCUT2D eigenvalue weighted by Gasteiger charge is 2.16. The van der Waals surface area contributed by atoms with Gasteiger partial charge < -0.3 is 9.84 Å². The molecule has 134 valence electrons. The lowest BCUT2D eigenvalue weighted by Gasteiger charge is -2.04. The summed E-state index contributed by atoms with van der Waals surface area (Å²) in [7, 11) is 1.27. The standard InChI is InChI=1S/C8H5BrCl2O2.C7H3BrCl2O2/c1-13-8(12)7-5(10)2-4(9)3-6(7)11;8-3-1-4(9)6(7(11)12)5(10)2-3/h2-3H,1H3;1-2H,(H,11,12). The largest absolute Gasteiger partial charge is 0.478 e. The van der Waals surface area contributed by atoms with Gasteiger partial charge in [-0.15, -0.1) is 0 Å². The number of carboxylic acid groups (broad SMARTS) is 1. The van der Waals surface area contributed by atoms with Gasteiger partial charge >= 0.3 is 11.9 Å². The number of aromatic carboxylic acids is 1. The monoisotopic (exact) mass is 550 g/mol. The normalized spacial score (nSPS) is 9.88. The maximum atomic E-state index is 11.2. The summed E-state index contributed by atoms with van der Waals surface area (Å²) >= 11 is 29.2. The number of hydrogen-bond acceptors (Lipinski definition) is 3. The van der Waals surface area contributed by atoms with Crippen LogP contribution in [0.15, 0.2) is 33.2 Å². The molecule has 0 fully saturated rings. The van der Waals surface area contributed by atoms with Crippen LogP contribution in [0.2, 0.25) is 20.1 Å². The Kier molecular flexibility index (Phi) is 9.01. The highest BCUT2D eigenvalue weighted by atomic mass is 79.9. The van der Waals surface area contributed by atoms with Gasteiger partial charge in [0.1, 0.15) is 0 Å². The van der Waals surface area contributed by atoms with Gasteiger partial charge in [0.2, 0.25) is 0 Å². The Bertz CT molecular complexity index is 781. The Labute approximate surface area is 180 Å². The summed E-state index contributed by atoms with van der Waals surface area (Å²) in [5.41, 5.74) is 0.121. The molecule has 0 aliphatic heterocycles. The number of halogens is 6. The first-order valence-electron chi connectivity index (χ1n) is 6.19. The van der Waals surface area contributed by atoms with Crippen molar-refractivity contribution in [1.82, 2.24) is 0 Å². The molecule has 0 aliphatic carbocycles. The fourth-order valence-electron chi connectivity index (χ4n) is 1.59. The lowest BCUT2D eigenvalue weighted by Crippen LogP contribution is -2.02. The quantitative estimate of drug-likeness (QED) is 0.407. The molecule has 4 nitrogen and oxygen atoms in total. The molecule has 0 saturated carbocycles. The second kappa shape index (κ2) is 10.00. The third kappa shape index (κ3) is 6.31. The van der Waals surface area contributed by atoms with Crippen LogP contribution in [0.4, 0.5) is 0 Å². The molecule has 2 aromatic carbocycles. The van der Waals surface area contributed by atoms with E-state index in [1.807, 2.05) is 0 Å². The van der Waals surface area contributed by atoms with E-state index in [4.69, 9.17) is 51.5 Å². The Hall–Kier alpha value is -0.500. The minimum absolute atomic E-state index is 0.0680. The molecule has 0 spiro atoms. The van der Waals surface area contributed by atoms with Crippen LogP contribution in [-0.2, 0) is 4.74 Å². The highest BCUT2D eigenvalue weighted by molar-refractivity contribution is 9.10. The second-order valence-electron chi connectivity index (χ2n) is 4.29. The van der Waals surface area contributed by atoms with Gasteiger partial charge in [-0.05, 0) is 24.3 Å². The molecule has 0 radical (unpaired) electrons. The van der Waals surface area contributed by atoms with Crippen LogP contribution in [0.3, 0.4) is 0 Å². The highest BCUT2D eigenvalue weighted by Crippen LogP contribution is 2.30. The topological polar surface area (TPSA) is 63.6 Å². The van der Waals surface area contributed by atoms with Crippen molar-refractivity contribution >= 4 is 90.2 Å². The van der Waals surface area contributed by atoms with Crippen molar-refractivity contribution in [3.05, 3.63) is 64.4 Å². The number of carboxylic acids is 1. The van der Waals surface area contributed by atoms with E-state index in [9.17, 15) is 9.59 Å². The lowest BCUT2D eigenvalue weighted by atomic mass is 10.2. The van der Waals surface area contributed by atoms with E-state index >= 15 is 0 Å². The van der Waals surface area contributed by atoms with Crippen LogP contribution in [0, 0.1) is 0 Å². The Morgan fingerprint density at radius 2 is 1.16 bits per heavy atom. The van der Waals surface area contributed by atoms with E-state index in [1.165, 1.54) is 19.2 Å². The number of hydrogen-bond donors (Lipinski definition) is 1. The van der Waals surface area contributed by atoms with Gasteiger partial charge in [0.15, 0.2) is 0 Å². The molecule has 0 aromatic heterocycles. The molecule has 0 saturated heterocycles. The van der Waals surface area contributed by atoms with Crippen LogP contribution in [0.25, 0.3) is 0 Å². The van der Waals surface area contributed by atoms with Crippen molar-refractivity contribution in [2.45, 2.75) is 0 Å². The number of benzene rings is 2. The van der Waals surface area contributed by atoms with Crippen molar-refractivity contribution in [1.29, 1.82) is 0 Å². The van der Waals surface area contributed by atoms with Crippen LogP contribution in [0.1, 0.15) is 20.7 Å². The molecule has 0 amide bonds. The van der Waals surface area contributed by atoms with E-state index in [0.717, 1.165) is 4.47 Å². The number of carbonyl (C=O) groups is 2. The maximum absolute atomic E-state index is 11.2. The van der Waals surface area contributed by atoms with Crippen molar-refractivity contribution in [2.24, 2.45) is 0 Å². The third-order valence-corrected chi connectivity index (χ3v) is 4.73. The van der Waals surface area contributed by atoms with E-state index in [-0.39, 0.29) is 31.2 Å². The van der Waals surface area contributed by atoms with Crippen LogP contribution in [-0.4, -0.2) is 24.2 Å². The maximum Gasteiger partial charge on any atom is 0.340 e. The number of ether oxygens (including phenoxy) is 1. The number of carbonyl (C=O) groups excluding carboxylic acids is 1. The Balaban J connectivity index is 0.000000251. The van der Waals surface area contributed by atoms with Crippen LogP contribution in [0.5, 0.6) is 0 Å². The molecule has 2 rings (SSSR count). The number of methoxy groups -OCH3 is 1. The predicted octanol–water partition coefficient (Wildman–Crippen LogP) is 7.00. The number of rotatable bonds is 2. The van der Waals surface area contributed by atoms with Crippen molar-refractivity contribution < 1.29 is 19.4 Å². The lowest BCUT2D eigenvalue weighted by molar-refractivity contribution is 0.0600. The van der Waals surface area contributed by atoms with Crippen LogP contribution < -0.4 is 0 Å². The molecule has 0 unspecified atom stereocenters. The summed E-state index contributed by atoms with van der Waals surface area (Å²) in [6.45, 7) is 0. The molecule has 1 N–H and O–H groups in total. The van der Waals surface area contributed by atoms with Crippen molar-refractivity contribution in [2.75, 3.05) is 7.11 Å². The SMILES string of the molecule is COC(=O)c1c(Cl)cc(Br)cc1Cl.O=C(O)c1c(Cl)cc(Br)cc1Cl.